The molecule has 1 aromatic carbocycles. The number of carbonyl (C=O) groups is 2. The van der Waals surface area contributed by atoms with Gasteiger partial charge in [0, 0.05) is 24.0 Å². The Morgan fingerprint density at radius 1 is 1.18 bits per heavy atom. The van der Waals surface area contributed by atoms with Crippen LogP contribution in [0.4, 0.5) is 0 Å². The zero-order valence-electron chi connectivity index (χ0n) is 12.1. The summed E-state index contributed by atoms with van der Waals surface area (Å²) >= 11 is 5.99. The molecule has 2 rings (SSSR count). The number of benzene rings is 1. The molecule has 5 nitrogen and oxygen atoms in total. The summed E-state index contributed by atoms with van der Waals surface area (Å²) in [6.45, 7) is 2.01. The van der Waals surface area contributed by atoms with Gasteiger partial charge >= 0.3 is 11.8 Å². The minimum atomic E-state index is -0.689. The van der Waals surface area contributed by atoms with Crippen molar-refractivity contribution in [2.75, 3.05) is 0 Å². The Balaban J connectivity index is 1.79. The lowest BCUT2D eigenvalue weighted by Gasteiger charge is -2.12. The van der Waals surface area contributed by atoms with Crippen LogP contribution >= 0.6 is 11.6 Å². The zero-order valence-corrected chi connectivity index (χ0v) is 12.9. The summed E-state index contributed by atoms with van der Waals surface area (Å²) in [6.07, 6.45) is 2.09. The molecule has 1 aromatic heterocycles. The molecule has 6 heteroatoms. The number of hydrogen-bond donors (Lipinski definition) is 2. The van der Waals surface area contributed by atoms with Gasteiger partial charge in [0.1, 0.15) is 5.76 Å². The van der Waals surface area contributed by atoms with Crippen LogP contribution in [-0.4, -0.2) is 17.9 Å². The van der Waals surface area contributed by atoms with Crippen LogP contribution in [-0.2, 0) is 22.6 Å². The van der Waals surface area contributed by atoms with Crippen LogP contribution < -0.4 is 10.6 Å². The number of halogens is 1. The fourth-order valence-electron chi connectivity index (χ4n) is 1.97. The SMILES string of the molecule is CC(Cc1ccco1)NC(=O)C(=O)NCc1ccccc1Cl. The standard InChI is InChI=1S/C16H17ClN2O3/c1-11(9-13-6-4-8-22-13)19-16(21)15(20)18-10-12-5-2-3-7-14(12)17/h2-8,11H,9-10H2,1H3,(H,18,20)(H,19,21). The van der Waals surface area contributed by atoms with Crippen molar-refractivity contribution >= 4 is 23.4 Å². The molecule has 0 saturated heterocycles. The maximum atomic E-state index is 11.8. The fraction of sp³-hybridized carbons (Fsp3) is 0.250. The van der Waals surface area contributed by atoms with Crippen LogP contribution in [0.5, 0.6) is 0 Å². The van der Waals surface area contributed by atoms with E-state index in [1.165, 1.54) is 0 Å². The first-order valence-electron chi connectivity index (χ1n) is 6.90. The van der Waals surface area contributed by atoms with Gasteiger partial charge in [0.05, 0.1) is 6.26 Å². The first-order chi connectivity index (χ1) is 10.6. The summed E-state index contributed by atoms with van der Waals surface area (Å²) in [5.74, 6) is -0.610. The molecule has 2 aromatic rings. The molecule has 0 radical (unpaired) electrons. The molecule has 1 atom stereocenters. The molecule has 0 aliphatic carbocycles. The molecule has 0 fully saturated rings. The lowest BCUT2D eigenvalue weighted by molar-refractivity contribution is -0.139. The Morgan fingerprint density at radius 2 is 1.95 bits per heavy atom. The Bertz CT molecular complexity index is 641. The van der Waals surface area contributed by atoms with Gasteiger partial charge in [0.15, 0.2) is 0 Å². The van der Waals surface area contributed by atoms with Crippen molar-refractivity contribution in [1.29, 1.82) is 0 Å². The molecule has 1 heterocycles. The first-order valence-corrected chi connectivity index (χ1v) is 7.28. The summed E-state index contributed by atoms with van der Waals surface area (Å²) in [7, 11) is 0. The van der Waals surface area contributed by atoms with Crippen LogP contribution in [0.3, 0.4) is 0 Å². The normalized spacial score (nSPS) is 11.7. The third kappa shape index (κ3) is 4.63. The Morgan fingerprint density at radius 3 is 2.64 bits per heavy atom. The highest BCUT2D eigenvalue weighted by atomic mass is 35.5. The van der Waals surface area contributed by atoms with E-state index in [9.17, 15) is 9.59 Å². The van der Waals surface area contributed by atoms with Crippen molar-refractivity contribution in [3.8, 4) is 0 Å². The quantitative estimate of drug-likeness (QED) is 0.830. The predicted octanol–water partition coefficient (Wildman–Crippen LogP) is 2.30. The Hall–Kier alpha value is -2.27. The molecular weight excluding hydrogens is 304 g/mol. The smallest absolute Gasteiger partial charge is 0.309 e. The summed E-state index contributed by atoms with van der Waals surface area (Å²) in [5, 5.41) is 5.72. The van der Waals surface area contributed by atoms with Crippen molar-refractivity contribution in [1.82, 2.24) is 10.6 Å². The lowest BCUT2D eigenvalue weighted by Crippen LogP contribution is -2.44. The maximum Gasteiger partial charge on any atom is 0.309 e. The number of nitrogens with one attached hydrogen (secondary N) is 2. The van der Waals surface area contributed by atoms with Gasteiger partial charge in [-0.05, 0) is 30.7 Å². The molecule has 0 aliphatic heterocycles. The van der Waals surface area contributed by atoms with Gasteiger partial charge in [-0.3, -0.25) is 9.59 Å². The summed E-state index contributed by atoms with van der Waals surface area (Å²) in [4.78, 5) is 23.6. The van der Waals surface area contributed by atoms with E-state index in [1.54, 1.807) is 30.5 Å². The number of carbonyl (C=O) groups excluding carboxylic acids is 2. The zero-order chi connectivity index (χ0) is 15.9. The minimum Gasteiger partial charge on any atom is -0.469 e. The molecule has 22 heavy (non-hydrogen) atoms. The van der Waals surface area contributed by atoms with Crippen LogP contribution in [0.15, 0.2) is 47.1 Å². The average molecular weight is 321 g/mol. The molecule has 1 unspecified atom stereocenters. The molecule has 116 valence electrons. The lowest BCUT2D eigenvalue weighted by atomic mass is 10.2. The van der Waals surface area contributed by atoms with Crippen LogP contribution in [0, 0.1) is 0 Å². The highest BCUT2D eigenvalue weighted by Crippen LogP contribution is 2.14. The second kappa shape index (κ2) is 7.66. The van der Waals surface area contributed by atoms with E-state index in [0.717, 1.165) is 11.3 Å². The largest absolute Gasteiger partial charge is 0.469 e. The summed E-state index contributed by atoms with van der Waals surface area (Å²) in [5.41, 5.74) is 0.758. The molecule has 2 amide bonds. The van der Waals surface area contributed by atoms with Gasteiger partial charge < -0.3 is 15.1 Å². The monoisotopic (exact) mass is 320 g/mol. The van der Waals surface area contributed by atoms with Crippen molar-refractivity contribution in [2.45, 2.75) is 25.9 Å². The number of rotatable bonds is 5. The van der Waals surface area contributed by atoms with Gasteiger partial charge in [-0.2, -0.15) is 0 Å². The van der Waals surface area contributed by atoms with Crippen LogP contribution in [0.25, 0.3) is 0 Å². The van der Waals surface area contributed by atoms with Crippen LogP contribution in [0.1, 0.15) is 18.2 Å². The number of hydrogen-bond acceptors (Lipinski definition) is 3. The predicted molar refractivity (Wildman–Crippen MR) is 83.3 cm³/mol. The maximum absolute atomic E-state index is 11.8. The molecule has 0 bridgehead atoms. The van der Waals surface area contributed by atoms with Crippen LogP contribution in [0.2, 0.25) is 5.02 Å². The minimum absolute atomic E-state index is 0.204. The third-order valence-corrected chi connectivity index (χ3v) is 3.44. The van der Waals surface area contributed by atoms with E-state index >= 15 is 0 Å². The Labute approximate surface area is 133 Å². The number of amides is 2. The van der Waals surface area contributed by atoms with Gasteiger partial charge in [0.25, 0.3) is 0 Å². The highest BCUT2D eigenvalue weighted by molar-refractivity contribution is 6.35. The molecule has 0 saturated carbocycles. The topological polar surface area (TPSA) is 71.3 Å². The van der Waals surface area contributed by atoms with E-state index in [0.29, 0.717) is 11.4 Å². The van der Waals surface area contributed by atoms with E-state index < -0.39 is 11.8 Å². The summed E-state index contributed by atoms with van der Waals surface area (Å²) < 4.78 is 5.20. The van der Waals surface area contributed by atoms with E-state index in [-0.39, 0.29) is 12.6 Å². The van der Waals surface area contributed by atoms with Crippen molar-refractivity contribution in [2.24, 2.45) is 0 Å². The van der Waals surface area contributed by atoms with Crippen molar-refractivity contribution in [3.63, 3.8) is 0 Å². The van der Waals surface area contributed by atoms with Crippen molar-refractivity contribution < 1.29 is 14.0 Å². The fourth-order valence-corrected chi connectivity index (χ4v) is 2.17. The highest BCUT2D eigenvalue weighted by Gasteiger charge is 2.16. The van der Waals surface area contributed by atoms with Gasteiger partial charge in [-0.25, -0.2) is 0 Å². The molecule has 0 aliphatic rings. The molecule has 2 N–H and O–H groups in total. The second-order valence-electron chi connectivity index (χ2n) is 4.93. The number of furan rings is 1. The van der Waals surface area contributed by atoms with Gasteiger partial charge in [-0.15, -0.1) is 0 Å². The van der Waals surface area contributed by atoms with E-state index in [1.807, 2.05) is 19.1 Å². The molecule has 0 spiro atoms. The first kappa shape index (κ1) is 16.1. The molecular formula is C16H17ClN2O3. The van der Waals surface area contributed by atoms with Gasteiger partial charge in [0.2, 0.25) is 0 Å². The second-order valence-corrected chi connectivity index (χ2v) is 5.34. The van der Waals surface area contributed by atoms with Crippen molar-refractivity contribution in [3.05, 3.63) is 59.0 Å². The van der Waals surface area contributed by atoms with E-state index in [4.69, 9.17) is 16.0 Å². The summed E-state index contributed by atoms with van der Waals surface area (Å²) in [6, 6.07) is 10.5. The average Bonchev–Trinajstić information content (AvgIpc) is 2.98. The third-order valence-electron chi connectivity index (χ3n) is 3.07. The Kier molecular flexibility index (Phi) is 5.61. The van der Waals surface area contributed by atoms with E-state index in [2.05, 4.69) is 10.6 Å². The van der Waals surface area contributed by atoms with Gasteiger partial charge in [-0.1, -0.05) is 29.8 Å².